The van der Waals surface area contributed by atoms with Crippen LogP contribution >= 0.6 is 0 Å². The summed E-state index contributed by atoms with van der Waals surface area (Å²) in [5.41, 5.74) is 0. The molecule has 4 heteroatoms. The van der Waals surface area contributed by atoms with Crippen LogP contribution in [-0.2, 0) is 9.47 Å². The van der Waals surface area contributed by atoms with Crippen LogP contribution in [0.15, 0.2) is 0 Å². The third kappa shape index (κ3) is 4.93. The van der Waals surface area contributed by atoms with E-state index in [-0.39, 0.29) is 0 Å². The van der Waals surface area contributed by atoms with E-state index in [1.54, 1.807) is 7.11 Å². The molecule has 4 nitrogen and oxygen atoms in total. The number of hydrogen-bond acceptors (Lipinski definition) is 4. The topological polar surface area (TPSA) is 33.7 Å². The van der Waals surface area contributed by atoms with Crippen LogP contribution in [0.5, 0.6) is 0 Å². The number of methoxy groups -OCH3 is 1. The Hall–Kier alpha value is -0.160. The van der Waals surface area contributed by atoms with Crippen molar-refractivity contribution >= 4 is 0 Å². The van der Waals surface area contributed by atoms with Gasteiger partial charge in [-0.2, -0.15) is 0 Å². The van der Waals surface area contributed by atoms with Crippen molar-refractivity contribution in [2.24, 2.45) is 0 Å². The van der Waals surface area contributed by atoms with Crippen LogP contribution in [0.1, 0.15) is 13.8 Å². The third-order valence-corrected chi connectivity index (χ3v) is 2.76. The van der Waals surface area contributed by atoms with Gasteiger partial charge in [-0.1, -0.05) is 0 Å². The van der Waals surface area contributed by atoms with Gasteiger partial charge in [0.15, 0.2) is 0 Å². The second-order valence-corrected chi connectivity index (χ2v) is 4.28. The highest BCUT2D eigenvalue weighted by Gasteiger charge is 2.21. The molecule has 0 saturated carbocycles. The number of ether oxygens (including phenoxy) is 2. The SMILES string of the molecule is COCCNCC1CN(C(C)C)CCO1. The van der Waals surface area contributed by atoms with E-state index < -0.39 is 0 Å². The van der Waals surface area contributed by atoms with Crippen LogP contribution in [0.2, 0.25) is 0 Å². The monoisotopic (exact) mass is 216 g/mol. The van der Waals surface area contributed by atoms with Gasteiger partial charge in [0.1, 0.15) is 0 Å². The van der Waals surface area contributed by atoms with E-state index in [4.69, 9.17) is 9.47 Å². The minimum Gasteiger partial charge on any atom is -0.383 e. The molecule has 90 valence electrons. The Morgan fingerprint density at radius 3 is 3.00 bits per heavy atom. The Kier molecular flexibility index (Phi) is 6.17. The maximum Gasteiger partial charge on any atom is 0.0826 e. The van der Waals surface area contributed by atoms with Gasteiger partial charge >= 0.3 is 0 Å². The Labute approximate surface area is 92.9 Å². The van der Waals surface area contributed by atoms with Gasteiger partial charge in [0.2, 0.25) is 0 Å². The molecule has 1 aliphatic rings. The molecule has 0 amide bonds. The average molecular weight is 216 g/mol. The highest BCUT2D eigenvalue weighted by atomic mass is 16.5. The minimum absolute atomic E-state index is 0.331. The Bertz CT molecular complexity index is 165. The molecule has 1 saturated heterocycles. The molecule has 0 aromatic rings. The highest BCUT2D eigenvalue weighted by Crippen LogP contribution is 2.07. The highest BCUT2D eigenvalue weighted by molar-refractivity contribution is 4.75. The second kappa shape index (κ2) is 7.17. The van der Waals surface area contributed by atoms with E-state index in [0.717, 1.165) is 39.4 Å². The molecule has 0 bridgehead atoms. The van der Waals surface area contributed by atoms with Gasteiger partial charge in [-0.3, -0.25) is 4.90 Å². The molecular weight excluding hydrogens is 192 g/mol. The van der Waals surface area contributed by atoms with Crippen LogP contribution in [0.25, 0.3) is 0 Å². The lowest BCUT2D eigenvalue weighted by atomic mass is 10.2. The molecule has 1 heterocycles. The van der Waals surface area contributed by atoms with E-state index in [2.05, 4.69) is 24.1 Å². The van der Waals surface area contributed by atoms with E-state index in [1.807, 2.05) is 0 Å². The summed E-state index contributed by atoms with van der Waals surface area (Å²) in [5.74, 6) is 0. The molecule has 0 spiro atoms. The zero-order valence-electron chi connectivity index (χ0n) is 10.2. The second-order valence-electron chi connectivity index (χ2n) is 4.28. The maximum atomic E-state index is 5.69. The Balaban J connectivity index is 2.13. The van der Waals surface area contributed by atoms with Gasteiger partial charge in [-0.05, 0) is 13.8 Å². The lowest BCUT2D eigenvalue weighted by molar-refractivity contribution is -0.0374. The van der Waals surface area contributed by atoms with Crippen LogP contribution in [0, 0.1) is 0 Å². The Morgan fingerprint density at radius 1 is 1.53 bits per heavy atom. The van der Waals surface area contributed by atoms with E-state index in [1.165, 1.54) is 0 Å². The largest absolute Gasteiger partial charge is 0.383 e. The molecule has 15 heavy (non-hydrogen) atoms. The predicted molar refractivity (Wildman–Crippen MR) is 61.2 cm³/mol. The van der Waals surface area contributed by atoms with Crippen molar-refractivity contribution in [2.75, 3.05) is 46.5 Å². The Morgan fingerprint density at radius 2 is 2.33 bits per heavy atom. The first-order valence-electron chi connectivity index (χ1n) is 5.79. The lowest BCUT2D eigenvalue weighted by Gasteiger charge is -2.35. The first kappa shape index (κ1) is 12.9. The van der Waals surface area contributed by atoms with Gasteiger partial charge in [0.25, 0.3) is 0 Å². The van der Waals surface area contributed by atoms with Gasteiger partial charge < -0.3 is 14.8 Å². The molecule has 0 aliphatic carbocycles. The summed E-state index contributed by atoms with van der Waals surface area (Å²) in [6.45, 7) is 10.0. The van der Waals surface area contributed by atoms with Crippen molar-refractivity contribution < 1.29 is 9.47 Å². The van der Waals surface area contributed by atoms with Crippen molar-refractivity contribution in [1.29, 1.82) is 0 Å². The number of morpholine rings is 1. The smallest absolute Gasteiger partial charge is 0.0826 e. The fraction of sp³-hybridized carbons (Fsp3) is 1.00. The normalized spacial score (nSPS) is 23.6. The van der Waals surface area contributed by atoms with Crippen molar-refractivity contribution in [1.82, 2.24) is 10.2 Å². The number of nitrogens with zero attached hydrogens (tertiary/aromatic N) is 1. The first-order chi connectivity index (χ1) is 7.24. The third-order valence-electron chi connectivity index (χ3n) is 2.76. The molecule has 1 N–H and O–H groups in total. The molecule has 1 fully saturated rings. The summed E-state index contributed by atoms with van der Waals surface area (Å²) in [6.07, 6.45) is 0.331. The summed E-state index contributed by atoms with van der Waals surface area (Å²) >= 11 is 0. The molecule has 1 atom stereocenters. The van der Waals surface area contributed by atoms with E-state index >= 15 is 0 Å². The molecule has 1 aliphatic heterocycles. The summed E-state index contributed by atoms with van der Waals surface area (Å²) in [7, 11) is 1.72. The standard InChI is InChI=1S/C11H24N2O2/c1-10(2)13-5-7-15-11(9-13)8-12-4-6-14-3/h10-12H,4-9H2,1-3H3. The van der Waals surface area contributed by atoms with Gasteiger partial charge in [-0.15, -0.1) is 0 Å². The van der Waals surface area contributed by atoms with Gasteiger partial charge in [0, 0.05) is 39.3 Å². The van der Waals surface area contributed by atoms with Crippen LogP contribution in [0.3, 0.4) is 0 Å². The number of hydrogen-bond donors (Lipinski definition) is 1. The van der Waals surface area contributed by atoms with Crippen LogP contribution in [-0.4, -0.2) is 63.5 Å². The fourth-order valence-corrected chi connectivity index (χ4v) is 1.77. The average Bonchev–Trinajstić information content (AvgIpc) is 2.25. The summed E-state index contributed by atoms with van der Waals surface area (Å²) < 4.78 is 10.7. The van der Waals surface area contributed by atoms with Crippen molar-refractivity contribution in [3.05, 3.63) is 0 Å². The molecular formula is C11H24N2O2. The van der Waals surface area contributed by atoms with Crippen LogP contribution in [0.4, 0.5) is 0 Å². The lowest BCUT2D eigenvalue weighted by Crippen LogP contribution is -2.49. The summed E-state index contributed by atoms with van der Waals surface area (Å²) in [4.78, 5) is 2.46. The molecule has 0 aromatic heterocycles. The first-order valence-corrected chi connectivity index (χ1v) is 5.79. The molecule has 1 rings (SSSR count). The van der Waals surface area contributed by atoms with Crippen molar-refractivity contribution in [2.45, 2.75) is 26.0 Å². The fourth-order valence-electron chi connectivity index (χ4n) is 1.77. The molecule has 1 unspecified atom stereocenters. The van der Waals surface area contributed by atoms with Crippen LogP contribution < -0.4 is 5.32 Å². The van der Waals surface area contributed by atoms with E-state index in [0.29, 0.717) is 12.1 Å². The minimum atomic E-state index is 0.331. The summed E-state index contributed by atoms with van der Waals surface area (Å²) in [6, 6.07) is 0.621. The number of nitrogens with one attached hydrogen (secondary N) is 1. The van der Waals surface area contributed by atoms with Gasteiger partial charge in [0.05, 0.1) is 19.3 Å². The zero-order valence-corrected chi connectivity index (χ0v) is 10.2. The zero-order chi connectivity index (χ0) is 11.1. The molecule has 0 aromatic carbocycles. The molecule has 0 radical (unpaired) electrons. The maximum absolute atomic E-state index is 5.69. The van der Waals surface area contributed by atoms with Crippen molar-refractivity contribution in [3.8, 4) is 0 Å². The van der Waals surface area contributed by atoms with Gasteiger partial charge in [-0.25, -0.2) is 0 Å². The quantitative estimate of drug-likeness (QED) is 0.649. The van der Waals surface area contributed by atoms with E-state index in [9.17, 15) is 0 Å². The van der Waals surface area contributed by atoms with Crippen molar-refractivity contribution in [3.63, 3.8) is 0 Å². The predicted octanol–water partition coefficient (Wildman–Crippen LogP) is 0.332. The summed E-state index contributed by atoms with van der Waals surface area (Å²) in [5, 5.41) is 3.34. The number of rotatable bonds is 6.